The second-order valence-corrected chi connectivity index (χ2v) is 5.19. The van der Waals surface area contributed by atoms with Gasteiger partial charge in [-0.3, -0.25) is 9.48 Å². The lowest BCUT2D eigenvalue weighted by Crippen LogP contribution is -2.36. The maximum absolute atomic E-state index is 12.1. The molecule has 17 heavy (non-hydrogen) atoms. The van der Waals surface area contributed by atoms with E-state index in [1.54, 1.807) is 18.7 Å². The molecule has 1 aliphatic carbocycles. The van der Waals surface area contributed by atoms with Crippen molar-refractivity contribution in [3.05, 3.63) is 16.4 Å². The van der Waals surface area contributed by atoms with Crippen LogP contribution in [0, 0.1) is 6.92 Å². The molecular formula is C12H17ClN2O2. The molecule has 0 radical (unpaired) electrons. The van der Waals surface area contributed by atoms with Crippen molar-refractivity contribution in [3.8, 4) is 0 Å². The summed E-state index contributed by atoms with van der Waals surface area (Å²) in [5, 5.41) is 14.9. The van der Waals surface area contributed by atoms with Crippen LogP contribution in [0.4, 0.5) is 0 Å². The summed E-state index contributed by atoms with van der Waals surface area (Å²) < 4.78 is 1.62. The third-order valence-electron chi connectivity index (χ3n) is 3.54. The Bertz CT molecular complexity index is 448. The molecule has 5 heteroatoms. The molecule has 1 saturated carbocycles. The SMILES string of the molecule is Cc1nn(C)c(CC(=O)C2(O)CCCC2)c1Cl. The normalized spacial score (nSPS) is 18.6. The van der Waals surface area contributed by atoms with Crippen molar-refractivity contribution < 1.29 is 9.90 Å². The Hall–Kier alpha value is -0.870. The Morgan fingerprint density at radius 1 is 1.53 bits per heavy atom. The van der Waals surface area contributed by atoms with Gasteiger partial charge in [0, 0.05) is 7.05 Å². The minimum Gasteiger partial charge on any atom is -0.382 e. The van der Waals surface area contributed by atoms with Crippen LogP contribution in [0.3, 0.4) is 0 Å². The topological polar surface area (TPSA) is 55.1 Å². The Morgan fingerprint density at radius 3 is 2.59 bits per heavy atom. The Labute approximate surface area is 106 Å². The number of carbonyl (C=O) groups excluding carboxylic acids is 1. The molecule has 2 rings (SSSR count). The number of ketones is 1. The van der Waals surface area contributed by atoms with Crippen LogP contribution >= 0.6 is 11.6 Å². The smallest absolute Gasteiger partial charge is 0.170 e. The molecule has 0 saturated heterocycles. The number of halogens is 1. The van der Waals surface area contributed by atoms with Crippen molar-refractivity contribution in [2.45, 2.75) is 44.6 Å². The molecule has 1 heterocycles. The monoisotopic (exact) mass is 256 g/mol. The highest BCUT2D eigenvalue weighted by molar-refractivity contribution is 6.32. The van der Waals surface area contributed by atoms with Gasteiger partial charge in [-0.2, -0.15) is 5.10 Å². The van der Waals surface area contributed by atoms with Gasteiger partial charge in [-0.05, 0) is 32.6 Å². The highest BCUT2D eigenvalue weighted by Crippen LogP contribution is 2.32. The lowest BCUT2D eigenvalue weighted by atomic mass is 9.93. The Morgan fingerprint density at radius 2 is 2.12 bits per heavy atom. The van der Waals surface area contributed by atoms with Gasteiger partial charge >= 0.3 is 0 Å². The fraction of sp³-hybridized carbons (Fsp3) is 0.667. The quantitative estimate of drug-likeness (QED) is 0.897. The van der Waals surface area contributed by atoms with E-state index < -0.39 is 5.60 Å². The van der Waals surface area contributed by atoms with Crippen molar-refractivity contribution in [2.24, 2.45) is 7.05 Å². The lowest BCUT2D eigenvalue weighted by molar-refractivity contribution is -0.136. The second-order valence-electron chi connectivity index (χ2n) is 4.81. The first kappa shape index (κ1) is 12.6. The largest absolute Gasteiger partial charge is 0.382 e. The zero-order valence-electron chi connectivity index (χ0n) is 10.2. The molecule has 0 aliphatic heterocycles. The molecule has 1 fully saturated rings. The molecule has 1 N–H and O–H groups in total. The highest BCUT2D eigenvalue weighted by Gasteiger charge is 2.38. The summed E-state index contributed by atoms with van der Waals surface area (Å²) >= 11 is 6.09. The summed E-state index contributed by atoms with van der Waals surface area (Å²) in [6, 6.07) is 0. The van der Waals surface area contributed by atoms with Crippen LogP contribution in [0.15, 0.2) is 0 Å². The van der Waals surface area contributed by atoms with Crippen LogP contribution < -0.4 is 0 Å². The molecule has 1 aromatic heterocycles. The van der Waals surface area contributed by atoms with Crippen LogP contribution in [0.1, 0.15) is 37.1 Å². The van der Waals surface area contributed by atoms with E-state index in [4.69, 9.17) is 11.6 Å². The number of hydrogen-bond donors (Lipinski definition) is 1. The summed E-state index contributed by atoms with van der Waals surface area (Å²) in [6.45, 7) is 1.81. The maximum Gasteiger partial charge on any atom is 0.170 e. The van der Waals surface area contributed by atoms with Crippen LogP contribution in [-0.4, -0.2) is 26.3 Å². The summed E-state index contributed by atoms with van der Waals surface area (Å²) in [4.78, 5) is 12.1. The van der Waals surface area contributed by atoms with E-state index >= 15 is 0 Å². The van der Waals surface area contributed by atoms with E-state index in [1.165, 1.54) is 0 Å². The molecule has 0 bridgehead atoms. The number of carbonyl (C=O) groups is 1. The van der Waals surface area contributed by atoms with Crippen molar-refractivity contribution in [2.75, 3.05) is 0 Å². The summed E-state index contributed by atoms with van der Waals surface area (Å²) in [5.41, 5.74) is 0.270. The van der Waals surface area contributed by atoms with E-state index in [1.807, 2.05) is 0 Å². The molecule has 0 spiro atoms. The molecule has 94 valence electrons. The lowest BCUT2D eigenvalue weighted by Gasteiger charge is -2.20. The first-order valence-corrected chi connectivity index (χ1v) is 6.25. The van der Waals surface area contributed by atoms with Gasteiger partial charge in [0.1, 0.15) is 5.60 Å². The van der Waals surface area contributed by atoms with Gasteiger partial charge in [-0.15, -0.1) is 0 Å². The zero-order chi connectivity index (χ0) is 12.6. The molecular weight excluding hydrogens is 240 g/mol. The number of aryl methyl sites for hydroxylation is 2. The summed E-state index contributed by atoms with van der Waals surface area (Å²) in [5.74, 6) is -0.139. The van der Waals surface area contributed by atoms with Gasteiger partial charge in [-0.1, -0.05) is 11.6 Å². The van der Waals surface area contributed by atoms with Crippen molar-refractivity contribution in [1.82, 2.24) is 9.78 Å². The molecule has 1 aliphatic rings. The number of nitrogens with zero attached hydrogens (tertiary/aromatic N) is 2. The third kappa shape index (κ3) is 2.24. The predicted octanol–water partition coefficient (Wildman–Crippen LogP) is 1.80. The standard InChI is InChI=1S/C12H17ClN2O2/c1-8-11(13)9(15(2)14-8)7-10(16)12(17)5-3-4-6-12/h17H,3-7H2,1-2H3. The number of aromatic nitrogens is 2. The average molecular weight is 257 g/mol. The average Bonchev–Trinajstić information content (AvgIpc) is 2.80. The van der Waals surface area contributed by atoms with Crippen molar-refractivity contribution >= 4 is 17.4 Å². The fourth-order valence-electron chi connectivity index (χ4n) is 2.43. The van der Waals surface area contributed by atoms with Gasteiger partial charge in [0.05, 0.1) is 22.8 Å². The van der Waals surface area contributed by atoms with Gasteiger partial charge in [-0.25, -0.2) is 0 Å². The second kappa shape index (κ2) is 4.42. The molecule has 0 atom stereocenters. The summed E-state index contributed by atoms with van der Waals surface area (Å²) in [6.07, 6.45) is 3.13. The predicted molar refractivity (Wildman–Crippen MR) is 65.1 cm³/mol. The maximum atomic E-state index is 12.1. The van der Waals surface area contributed by atoms with E-state index in [-0.39, 0.29) is 12.2 Å². The molecule has 4 nitrogen and oxygen atoms in total. The van der Waals surface area contributed by atoms with Crippen LogP contribution in [0.5, 0.6) is 0 Å². The number of hydrogen-bond acceptors (Lipinski definition) is 3. The first-order valence-electron chi connectivity index (χ1n) is 5.88. The Balaban J connectivity index is 2.18. The molecule has 1 aromatic rings. The molecule has 0 aromatic carbocycles. The van der Waals surface area contributed by atoms with Gasteiger partial charge in [0.2, 0.25) is 0 Å². The van der Waals surface area contributed by atoms with Crippen LogP contribution in [-0.2, 0) is 18.3 Å². The highest BCUT2D eigenvalue weighted by atomic mass is 35.5. The van der Waals surface area contributed by atoms with Crippen molar-refractivity contribution in [3.63, 3.8) is 0 Å². The molecule has 0 amide bonds. The third-order valence-corrected chi connectivity index (χ3v) is 4.03. The zero-order valence-corrected chi connectivity index (χ0v) is 10.9. The van der Waals surface area contributed by atoms with E-state index in [9.17, 15) is 9.90 Å². The van der Waals surface area contributed by atoms with Crippen molar-refractivity contribution in [1.29, 1.82) is 0 Å². The van der Waals surface area contributed by atoms with Gasteiger partial charge in [0.25, 0.3) is 0 Å². The van der Waals surface area contributed by atoms with Gasteiger partial charge in [0.15, 0.2) is 5.78 Å². The fourth-order valence-corrected chi connectivity index (χ4v) is 2.65. The minimum absolute atomic E-state index is 0.139. The number of aliphatic hydroxyl groups is 1. The summed E-state index contributed by atoms with van der Waals surface area (Å²) in [7, 11) is 1.76. The van der Waals surface area contributed by atoms with Crippen LogP contribution in [0.25, 0.3) is 0 Å². The minimum atomic E-state index is -1.14. The first-order chi connectivity index (χ1) is 7.94. The molecule has 0 unspecified atom stereocenters. The van der Waals surface area contributed by atoms with E-state index in [2.05, 4.69) is 5.10 Å². The van der Waals surface area contributed by atoms with Gasteiger partial charge < -0.3 is 5.11 Å². The van der Waals surface area contributed by atoms with E-state index in [0.29, 0.717) is 23.6 Å². The number of Topliss-reactive ketones (excluding diaryl/α,β-unsaturated/α-hetero) is 1. The number of rotatable bonds is 3. The van der Waals surface area contributed by atoms with E-state index in [0.717, 1.165) is 18.5 Å². The van der Waals surface area contributed by atoms with Crippen LogP contribution in [0.2, 0.25) is 5.02 Å². The Kier molecular flexibility index (Phi) is 3.27.